The van der Waals surface area contributed by atoms with Crippen LogP contribution in [-0.2, 0) is 13.1 Å². The minimum Gasteiger partial charge on any atom is -0.423 e. The van der Waals surface area contributed by atoms with E-state index in [4.69, 9.17) is 0 Å². The molecular formula is C14H17BN2O4. The predicted molar refractivity (Wildman–Crippen MR) is 80.6 cm³/mol. The highest BCUT2D eigenvalue weighted by Gasteiger charge is 2.16. The zero-order chi connectivity index (χ0) is 15.4. The summed E-state index contributed by atoms with van der Waals surface area (Å²) < 4.78 is 2.57. The molecule has 0 aliphatic carbocycles. The van der Waals surface area contributed by atoms with Crippen molar-refractivity contribution in [1.29, 1.82) is 0 Å². The molecule has 6 nitrogen and oxygen atoms in total. The van der Waals surface area contributed by atoms with Crippen LogP contribution >= 0.6 is 0 Å². The first-order valence-electron chi connectivity index (χ1n) is 6.78. The molecule has 0 saturated heterocycles. The van der Waals surface area contributed by atoms with Crippen LogP contribution in [0.15, 0.2) is 46.1 Å². The Bertz CT molecular complexity index is 736. The Labute approximate surface area is 122 Å². The Morgan fingerprint density at radius 2 is 1.86 bits per heavy atom. The van der Waals surface area contributed by atoms with E-state index in [0.717, 1.165) is 11.0 Å². The van der Waals surface area contributed by atoms with Crippen LogP contribution in [0.2, 0.25) is 0 Å². The second kappa shape index (κ2) is 6.56. The maximum absolute atomic E-state index is 12.3. The smallest absolute Gasteiger partial charge is 0.423 e. The van der Waals surface area contributed by atoms with Crippen molar-refractivity contribution in [1.82, 2.24) is 9.13 Å². The van der Waals surface area contributed by atoms with Gasteiger partial charge in [0.25, 0.3) is 5.56 Å². The van der Waals surface area contributed by atoms with E-state index in [0.29, 0.717) is 12.1 Å². The van der Waals surface area contributed by atoms with Gasteiger partial charge in [-0.2, -0.15) is 0 Å². The van der Waals surface area contributed by atoms with E-state index in [1.54, 1.807) is 24.3 Å². The number of benzene rings is 1. The highest BCUT2D eigenvalue weighted by atomic mass is 16.4. The van der Waals surface area contributed by atoms with Crippen LogP contribution in [0.5, 0.6) is 0 Å². The fourth-order valence-corrected chi connectivity index (χ4v) is 2.21. The average molecular weight is 288 g/mol. The minimum atomic E-state index is -1.64. The van der Waals surface area contributed by atoms with E-state index < -0.39 is 18.4 Å². The Balaban J connectivity index is 2.47. The van der Waals surface area contributed by atoms with E-state index in [2.05, 4.69) is 0 Å². The fraction of sp³-hybridized carbons (Fsp3) is 0.286. The number of rotatable bonds is 5. The second-order valence-corrected chi connectivity index (χ2v) is 4.79. The van der Waals surface area contributed by atoms with Crippen molar-refractivity contribution < 1.29 is 10.0 Å². The summed E-state index contributed by atoms with van der Waals surface area (Å²) in [6.07, 6.45) is 2.27. The zero-order valence-corrected chi connectivity index (χ0v) is 11.8. The van der Waals surface area contributed by atoms with Crippen molar-refractivity contribution in [2.45, 2.75) is 26.4 Å². The molecule has 1 aromatic carbocycles. The van der Waals surface area contributed by atoms with E-state index in [1.165, 1.54) is 16.8 Å². The van der Waals surface area contributed by atoms with Crippen molar-refractivity contribution in [3.63, 3.8) is 0 Å². The first kappa shape index (κ1) is 15.3. The number of hydrogen-bond acceptors (Lipinski definition) is 4. The molecule has 0 fully saturated rings. The Morgan fingerprint density at radius 1 is 1.14 bits per heavy atom. The lowest BCUT2D eigenvalue weighted by molar-refractivity contribution is 0.425. The third-order valence-electron chi connectivity index (χ3n) is 3.27. The first-order valence-corrected chi connectivity index (χ1v) is 6.78. The molecule has 2 N–H and O–H groups in total. The molecule has 2 aromatic rings. The number of aromatic nitrogens is 2. The second-order valence-electron chi connectivity index (χ2n) is 4.79. The van der Waals surface area contributed by atoms with Crippen LogP contribution < -0.4 is 16.7 Å². The lowest BCUT2D eigenvalue weighted by Gasteiger charge is -2.12. The summed E-state index contributed by atoms with van der Waals surface area (Å²) in [6.45, 7) is 2.48. The average Bonchev–Trinajstić information content (AvgIpc) is 2.47. The molecule has 0 amide bonds. The third kappa shape index (κ3) is 3.32. The monoisotopic (exact) mass is 288 g/mol. The summed E-state index contributed by atoms with van der Waals surface area (Å²) >= 11 is 0. The van der Waals surface area contributed by atoms with E-state index in [-0.39, 0.29) is 12.0 Å². The van der Waals surface area contributed by atoms with Crippen LogP contribution in [0.1, 0.15) is 18.9 Å². The molecule has 0 unspecified atom stereocenters. The lowest BCUT2D eigenvalue weighted by Crippen LogP contribution is -2.41. The summed E-state index contributed by atoms with van der Waals surface area (Å²) in [7, 11) is -1.64. The molecular weight excluding hydrogens is 271 g/mol. The van der Waals surface area contributed by atoms with Gasteiger partial charge < -0.3 is 14.6 Å². The molecule has 21 heavy (non-hydrogen) atoms. The number of nitrogens with zero attached hydrogens (tertiary/aromatic N) is 2. The summed E-state index contributed by atoms with van der Waals surface area (Å²) in [5, 5.41) is 18.7. The maximum atomic E-state index is 12.3. The highest BCUT2D eigenvalue weighted by molar-refractivity contribution is 6.59. The Hall–Kier alpha value is -2.12. The predicted octanol–water partition coefficient (Wildman–Crippen LogP) is -0.852. The normalized spacial score (nSPS) is 10.6. The Kier molecular flexibility index (Phi) is 4.77. The van der Waals surface area contributed by atoms with Gasteiger partial charge in [-0.1, -0.05) is 31.2 Å². The summed E-state index contributed by atoms with van der Waals surface area (Å²) in [4.78, 5) is 24.2. The van der Waals surface area contributed by atoms with Gasteiger partial charge in [0.2, 0.25) is 0 Å². The topological polar surface area (TPSA) is 84.5 Å². The van der Waals surface area contributed by atoms with Crippen LogP contribution in [-0.4, -0.2) is 26.3 Å². The van der Waals surface area contributed by atoms with Crippen molar-refractivity contribution in [3.05, 3.63) is 62.9 Å². The van der Waals surface area contributed by atoms with Crippen molar-refractivity contribution in [2.24, 2.45) is 0 Å². The van der Waals surface area contributed by atoms with E-state index in [9.17, 15) is 19.6 Å². The van der Waals surface area contributed by atoms with Gasteiger partial charge in [-0.3, -0.25) is 9.36 Å². The van der Waals surface area contributed by atoms with Crippen molar-refractivity contribution in [3.8, 4) is 0 Å². The molecule has 1 aromatic heterocycles. The van der Waals surface area contributed by atoms with E-state index in [1.807, 2.05) is 6.92 Å². The van der Waals surface area contributed by atoms with Gasteiger partial charge in [0.05, 0.1) is 6.54 Å². The van der Waals surface area contributed by atoms with Gasteiger partial charge in [-0.05, 0) is 17.4 Å². The largest absolute Gasteiger partial charge is 0.488 e. The summed E-state index contributed by atoms with van der Waals surface area (Å²) in [6, 6.07) is 7.95. The summed E-state index contributed by atoms with van der Waals surface area (Å²) in [5.41, 5.74) is 0.0109. The van der Waals surface area contributed by atoms with Gasteiger partial charge in [-0.25, -0.2) is 4.79 Å². The molecule has 0 saturated carbocycles. The van der Waals surface area contributed by atoms with Crippen LogP contribution in [0.3, 0.4) is 0 Å². The molecule has 0 atom stereocenters. The highest BCUT2D eigenvalue weighted by Crippen LogP contribution is 1.98. The number of hydrogen-bond donors (Lipinski definition) is 2. The molecule has 0 aliphatic rings. The molecule has 0 aliphatic heterocycles. The first-order chi connectivity index (χ1) is 10.0. The van der Waals surface area contributed by atoms with Gasteiger partial charge in [0.15, 0.2) is 0 Å². The van der Waals surface area contributed by atoms with Gasteiger partial charge in [-0.15, -0.1) is 0 Å². The molecule has 0 radical (unpaired) electrons. The minimum absolute atomic E-state index is 0.00993. The van der Waals surface area contributed by atoms with Crippen LogP contribution in [0.25, 0.3) is 0 Å². The molecule has 0 spiro atoms. The van der Waals surface area contributed by atoms with Crippen LogP contribution in [0.4, 0.5) is 0 Å². The molecule has 0 bridgehead atoms. The maximum Gasteiger partial charge on any atom is 0.488 e. The Morgan fingerprint density at radius 3 is 2.52 bits per heavy atom. The molecule has 110 valence electrons. The van der Waals surface area contributed by atoms with Crippen molar-refractivity contribution in [2.75, 3.05) is 0 Å². The van der Waals surface area contributed by atoms with Crippen LogP contribution in [0, 0.1) is 0 Å². The van der Waals surface area contributed by atoms with Crippen molar-refractivity contribution >= 4 is 12.6 Å². The molecule has 1 heterocycles. The van der Waals surface area contributed by atoms with Gasteiger partial charge in [0.1, 0.15) is 0 Å². The van der Waals surface area contributed by atoms with Gasteiger partial charge in [0, 0.05) is 18.8 Å². The van der Waals surface area contributed by atoms with Gasteiger partial charge >= 0.3 is 12.8 Å². The third-order valence-corrected chi connectivity index (χ3v) is 3.27. The quantitative estimate of drug-likeness (QED) is 0.702. The summed E-state index contributed by atoms with van der Waals surface area (Å²) in [5.74, 6) is 0. The number of aryl methyl sites for hydroxylation is 1. The fourth-order valence-electron chi connectivity index (χ4n) is 2.21. The SMILES string of the molecule is CCCn1ccc(=O)n(Cc2ccccc2B(O)O)c1=O. The standard InChI is InChI=1S/C14H17BN2O4/c1-2-8-16-9-7-13(18)17(14(16)19)10-11-5-3-4-6-12(11)15(20)21/h3-7,9,20-21H,2,8,10H2,1H3. The lowest BCUT2D eigenvalue weighted by atomic mass is 9.77. The molecule has 2 rings (SSSR count). The molecule has 7 heteroatoms. The van der Waals surface area contributed by atoms with E-state index >= 15 is 0 Å². The zero-order valence-electron chi connectivity index (χ0n) is 11.8.